The van der Waals surface area contributed by atoms with Gasteiger partial charge in [0.25, 0.3) is 0 Å². The lowest BCUT2D eigenvalue weighted by Crippen LogP contribution is -2.67. The number of hydrogen-bond acceptors (Lipinski definition) is 7. The van der Waals surface area contributed by atoms with E-state index in [1.807, 2.05) is 12.1 Å². The fourth-order valence-corrected chi connectivity index (χ4v) is 13.0. The molecule has 4 aliphatic carbocycles. The molecular formula is C42H64O7. The van der Waals surface area contributed by atoms with Crippen molar-refractivity contribution in [3.63, 3.8) is 0 Å². The molecule has 1 N–H and O–H groups in total. The zero-order chi connectivity index (χ0) is 35.8. The first-order chi connectivity index (χ1) is 22.9. The summed E-state index contributed by atoms with van der Waals surface area (Å²) < 4.78 is 29.6. The Balaban J connectivity index is 1.20. The fraction of sp³-hybridized carbons (Fsp3) is 0.786. The van der Waals surface area contributed by atoms with Crippen molar-refractivity contribution >= 4 is 12.0 Å². The first kappa shape index (κ1) is 36.5. The van der Waals surface area contributed by atoms with Crippen LogP contribution in [-0.2, 0) is 14.3 Å². The topological polar surface area (TPSA) is 83.5 Å². The van der Waals surface area contributed by atoms with Gasteiger partial charge in [-0.2, -0.15) is 0 Å². The van der Waals surface area contributed by atoms with Gasteiger partial charge in [0.05, 0.1) is 38.6 Å². The van der Waals surface area contributed by atoms with Gasteiger partial charge in [0.1, 0.15) is 6.10 Å². The Kier molecular flexibility index (Phi) is 9.29. The van der Waals surface area contributed by atoms with Crippen molar-refractivity contribution in [3.05, 3.63) is 23.8 Å². The van der Waals surface area contributed by atoms with Crippen molar-refractivity contribution in [1.29, 1.82) is 0 Å². The van der Waals surface area contributed by atoms with Crippen LogP contribution in [0.2, 0.25) is 0 Å². The van der Waals surface area contributed by atoms with Crippen LogP contribution in [0.15, 0.2) is 18.2 Å². The number of esters is 1. The molecular weight excluding hydrogens is 616 g/mol. The maximum absolute atomic E-state index is 13.3. The maximum Gasteiger partial charge on any atom is 0.331 e. The third kappa shape index (κ3) is 5.72. The van der Waals surface area contributed by atoms with E-state index in [0.29, 0.717) is 35.0 Å². The second-order valence-electron chi connectivity index (χ2n) is 18.6. The quantitative estimate of drug-likeness (QED) is 0.227. The molecule has 274 valence electrons. The van der Waals surface area contributed by atoms with Crippen molar-refractivity contribution in [2.24, 2.45) is 45.3 Å². The van der Waals surface area contributed by atoms with Crippen molar-refractivity contribution in [1.82, 2.24) is 0 Å². The van der Waals surface area contributed by atoms with Gasteiger partial charge >= 0.3 is 5.97 Å². The summed E-state index contributed by atoms with van der Waals surface area (Å²) >= 11 is 0. The van der Waals surface area contributed by atoms with Gasteiger partial charge in [-0.3, -0.25) is 0 Å². The first-order valence-corrected chi connectivity index (χ1v) is 19.0. The van der Waals surface area contributed by atoms with E-state index in [2.05, 4.69) is 55.4 Å². The third-order valence-corrected chi connectivity index (χ3v) is 15.4. The molecule has 4 saturated carbocycles. The summed E-state index contributed by atoms with van der Waals surface area (Å²) in [6.07, 6.45) is 13.4. The van der Waals surface area contributed by atoms with Gasteiger partial charge in [-0.05, 0) is 149 Å². The highest BCUT2D eigenvalue weighted by Gasteiger charge is 2.72. The summed E-state index contributed by atoms with van der Waals surface area (Å²) in [4.78, 5) is 13.3. The Morgan fingerprint density at radius 2 is 1.47 bits per heavy atom. The van der Waals surface area contributed by atoms with E-state index in [-0.39, 0.29) is 57.0 Å². The number of methoxy groups -OCH3 is 3. The molecule has 1 saturated heterocycles. The van der Waals surface area contributed by atoms with Gasteiger partial charge in [0.15, 0.2) is 11.5 Å². The Bertz CT molecular complexity index is 1420. The van der Waals surface area contributed by atoms with Crippen LogP contribution in [0.25, 0.3) is 6.08 Å². The maximum atomic E-state index is 13.3. The zero-order valence-corrected chi connectivity index (χ0v) is 32.2. The highest BCUT2D eigenvalue weighted by atomic mass is 16.5. The Morgan fingerprint density at radius 3 is 2.08 bits per heavy atom. The minimum absolute atomic E-state index is 0.0612. The van der Waals surface area contributed by atoms with Crippen molar-refractivity contribution < 1.29 is 33.6 Å². The number of benzene rings is 1. The van der Waals surface area contributed by atoms with Crippen LogP contribution < -0.4 is 14.2 Å². The van der Waals surface area contributed by atoms with Gasteiger partial charge in [-0.15, -0.1) is 0 Å². The second kappa shape index (κ2) is 12.5. The molecule has 10 atom stereocenters. The summed E-state index contributed by atoms with van der Waals surface area (Å²) in [6, 6.07) is 3.64. The molecule has 1 aliphatic heterocycles. The van der Waals surface area contributed by atoms with E-state index in [4.69, 9.17) is 23.7 Å². The van der Waals surface area contributed by atoms with Gasteiger partial charge in [0, 0.05) is 11.5 Å². The van der Waals surface area contributed by atoms with Gasteiger partial charge in [-0.25, -0.2) is 4.79 Å². The molecule has 0 unspecified atom stereocenters. The van der Waals surface area contributed by atoms with Gasteiger partial charge in [-0.1, -0.05) is 34.6 Å². The van der Waals surface area contributed by atoms with Gasteiger partial charge in [0.2, 0.25) is 5.75 Å². The fourth-order valence-electron chi connectivity index (χ4n) is 13.0. The Labute approximate surface area is 295 Å². The van der Waals surface area contributed by atoms with Crippen LogP contribution in [0.3, 0.4) is 0 Å². The van der Waals surface area contributed by atoms with E-state index in [1.54, 1.807) is 27.4 Å². The van der Waals surface area contributed by atoms with Crippen LogP contribution >= 0.6 is 0 Å². The summed E-state index contributed by atoms with van der Waals surface area (Å²) in [5, 5.41) is 12.2. The van der Waals surface area contributed by atoms with Crippen LogP contribution in [-0.4, -0.2) is 55.8 Å². The van der Waals surface area contributed by atoms with E-state index in [0.717, 1.165) is 63.4 Å². The number of carbonyl (C=O) groups excluding carboxylic acids is 1. The summed E-state index contributed by atoms with van der Waals surface area (Å²) in [6.45, 7) is 19.1. The minimum atomic E-state index is -0.335. The average molecular weight is 681 g/mol. The molecule has 7 nitrogen and oxygen atoms in total. The SMILES string of the molecule is COc1cc(/C=C/C(=O)O[C@H]2CC[C@]3(C)[C@H]4C[C@@H](O)[C@@H]5[C@@H]([C@@]6(C)CCCC(C)(C)O6)CC[C@@]5(C)[C@]4(C)CC[C@H]3C2(C)C)cc(OC)c1OC. The number of fused-ring (bicyclic) bond motifs is 5. The lowest BCUT2D eigenvalue weighted by Gasteiger charge is -2.70. The van der Waals surface area contributed by atoms with E-state index in [1.165, 1.54) is 12.5 Å². The van der Waals surface area contributed by atoms with E-state index in [9.17, 15) is 9.90 Å². The molecule has 0 spiro atoms. The zero-order valence-electron chi connectivity index (χ0n) is 32.2. The van der Waals surface area contributed by atoms with Crippen molar-refractivity contribution in [2.75, 3.05) is 21.3 Å². The highest BCUT2D eigenvalue weighted by molar-refractivity contribution is 5.87. The molecule has 5 aliphatic rings. The summed E-state index contributed by atoms with van der Waals surface area (Å²) in [5.74, 6) is 2.71. The number of hydrogen-bond donors (Lipinski definition) is 1. The largest absolute Gasteiger partial charge is 0.493 e. The molecule has 49 heavy (non-hydrogen) atoms. The number of carbonyl (C=O) groups is 1. The van der Waals surface area contributed by atoms with E-state index < -0.39 is 0 Å². The van der Waals surface area contributed by atoms with Crippen LogP contribution in [0.1, 0.15) is 125 Å². The normalized spacial score (nSPS) is 42.4. The van der Waals surface area contributed by atoms with Gasteiger partial charge < -0.3 is 28.8 Å². The first-order valence-electron chi connectivity index (χ1n) is 19.0. The van der Waals surface area contributed by atoms with Crippen molar-refractivity contribution in [3.8, 4) is 17.2 Å². The van der Waals surface area contributed by atoms with Crippen LogP contribution in [0.5, 0.6) is 17.2 Å². The summed E-state index contributed by atoms with van der Waals surface area (Å²) in [5.41, 5.74) is 0.542. The molecule has 0 bridgehead atoms. The van der Waals surface area contributed by atoms with E-state index >= 15 is 0 Å². The highest BCUT2D eigenvalue weighted by Crippen LogP contribution is 2.76. The van der Waals surface area contributed by atoms with Crippen LogP contribution in [0.4, 0.5) is 0 Å². The third-order valence-electron chi connectivity index (χ3n) is 15.4. The molecule has 5 fully saturated rings. The standard InChI is InChI=1S/C42H64O7/c1-37(2)18-12-19-42(8,49-37)27-15-21-41(7)35(27)28(43)25-32-39(5)20-17-33(38(3,4)31(39)16-22-40(32,41)6)48-34(44)14-13-26-23-29(45-9)36(47-11)30(24-26)46-10/h13-14,23-24,27-28,31-33,35,43H,12,15-22,25H2,1-11H3/b14-13+/t27-,28+,31-,32+,33-,35-,39-,40+,41+,42+/m0/s1. The number of rotatable bonds is 7. The Hall–Kier alpha value is -2.25. The molecule has 1 heterocycles. The smallest absolute Gasteiger partial charge is 0.331 e. The monoisotopic (exact) mass is 680 g/mol. The molecule has 0 aromatic heterocycles. The van der Waals surface area contributed by atoms with Crippen LogP contribution in [0, 0.1) is 45.3 Å². The lowest BCUT2D eigenvalue weighted by molar-refractivity contribution is -0.258. The molecule has 0 amide bonds. The minimum Gasteiger partial charge on any atom is -0.493 e. The predicted molar refractivity (Wildman–Crippen MR) is 193 cm³/mol. The summed E-state index contributed by atoms with van der Waals surface area (Å²) in [7, 11) is 4.73. The predicted octanol–water partition coefficient (Wildman–Crippen LogP) is 9.03. The molecule has 6 rings (SSSR count). The molecule has 1 aromatic carbocycles. The molecule has 7 heteroatoms. The average Bonchev–Trinajstić information content (AvgIpc) is 3.42. The molecule has 0 radical (unpaired) electrons. The molecule has 1 aromatic rings. The number of ether oxygens (including phenoxy) is 5. The second-order valence-corrected chi connectivity index (χ2v) is 18.6. The number of aliphatic hydroxyl groups excluding tert-OH is 1. The Morgan fingerprint density at radius 1 is 0.816 bits per heavy atom. The number of aliphatic hydroxyl groups is 1. The lowest BCUT2D eigenvalue weighted by atomic mass is 9.35. The van der Waals surface area contributed by atoms with Crippen molar-refractivity contribution in [2.45, 2.75) is 143 Å².